The Bertz CT molecular complexity index is 886. The van der Waals surface area contributed by atoms with E-state index in [-0.39, 0.29) is 16.2 Å². The third-order valence-corrected chi connectivity index (χ3v) is 3.23. The molecule has 5 heteroatoms. The van der Waals surface area contributed by atoms with Crippen molar-refractivity contribution in [3.63, 3.8) is 0 Å². The minimum Gasteiger partial charge on any atom is -0.497 e. The molecule has 1 N–H and O–H groups in total. The molecule has 104 valence electrons. The van der Waals surface area contributed by atoms with E-state index < -0.39 is 0 Å². The molecule has 0 saturated heterocycles. The summed E-state index contributed by atoms with van der Waals surface area (Å²) in [7, 11) is 1.58. The molecule has 0 spiro atoms. The molecule has 0 aliphatic rings. The molecule has 0 bridgehead atoms. The number of anilines is 1. The van der Waals surface area contributed by atoms with E-state index in [1.165, 1.54) is 0 Å². The number of hydrogen-bond acceptors (Lipinski definition) is 5. The minimum absolute atomic E-state index is 0.0907. The lowest BCUT2D eigenvalue weighted by Crippen LogP contribution is -2.32. The lowest BCUT2D eigenvalue weighted by atomic mass is 10.2. The summed E-state index contributed by atoms with van der Waals surface area (Å²) < 4.78 is 5.05. The van der Waals surface area contributed by atoms with Gasteiger partial charge < -0.3 is 4.74 Å². The highest BCUT2D eigenvalue weighted by atomic mass is 16.5. The van der Waals surface area contributed by atoms with E-state index in [1.807, 2.05) is 0 Å². The fourth-order valence-corrected chi connectivity index (χ4v) is 2.12. The fraction of sp³-hybridized carbons (Fsp3) is 0.0625. The molecule has 0 fully saturated rings. The Morgan fingerprint density at radius 2 is 1.48 bits per heavy atom. The molecule has 0 aliphatic heterocycles. The maximum absolute atomic E-state index is 12.1. The van der Waals surface area contributed by atoms with E-state index in [2.05, 4.69) is 10.5 Å². The fourth-order valence-electron chi connectivity index (χ4n) is 2.12. The Morgan fingerprint density at radius 3 is 2.00 bits per heavy atom. The van der Waals surface area contributed by atoms with Crippen LogP contribution in [0.4, 0.5) is 5.69 Å². The highest BCUT2D eigenvalue weighted by Crippen LogP contribution is 2.14. The molecular formula is C16H12N2O3. The molecule has 5 nitrogen and oxygen atoms in total. The summed E-state index contributed by atoms with van der Waals surface area (Å²) in [6.45, 7) is 0. The standard InChI is InChI=1S/C16H12N2O3/c1-21-11-8-6-10(7-9-11)17-18-14-15(19)12-4-2-3-5-13(12)16(14)20/h2-9,17H,1H3. The van der Waals surface area contributed by atoms with Crippen LogP contribution in [-0.4, -0.2) is 7.11 Å². The third kappa shape index (κ3) is 2.29. The zero-order valence-corrected chi connectivity index (χ0v) is 11.3. The normalized spacial score (nSPS) is 10.5. The van der Waals surface area contributed by atoms with Crippen LogP contribution >= 0.6 is 0 Å². The second-order valence-corrected chi connectivity index (χ2v) is 4.50. The third-order valence-electron chi connectivity index (χ3n) is 3.23. The van der Waals surface area contributed by atoms with Crippen molar-refractivity contribution in [2.75, 3.05) is 12.5 Å². The van der Waals surface area contributed by atoms with Gasteiger partial charge in [0, 0.05) is 10.8 Å². The molecule has 0 aliphatic carbocycles. The maximum atomic E-state index is 12.1. The van der Waals surface area contributed by atoms with Crippen LogP contribution in [0, 0.1) is 0 Å². The number of rotatable bonds is 3. The quantitative estimate of drug-likeness (QED) is 0.736. The van der Waals surface area contributed by atoms with Crippen molar-refractivity contribution in [2.24, 2.45) is 5.10 Å². The van der Waals surface area contributed by atoms with Gasteiger partial charge in [-0.25, -0.2) is 0 Å². The smallest absolute Gasteiger partial charge is 0.217 e. The Hall–Kier alpha value is -2.95. The van der Waals surface area contributed by atoms with Crippen molar-refractivity contribution in [3.05, 3.63) is 74.3 Å². The topological polar surface area (TPSA) is 67.8 Å². The molecule has 0 atom stereocenters. The van der Waals surface area contributed by atoms with Crippen molar-refractivity contribution >= 4 is 16.5 Å². The zero-order valence-electron chi connectivity index (χ0n) is 11.3. The summed E-state index contributed by atoms with van der Waals surface area (Å²) in [5.41, 5.74) is 2.69. The summed E-state index contributed by atoms with van der Waals surface area (Å²) in [5.74, 6) is 0.716. The van der Waals surface area contributed by atoms with Gasteiger partial charge in [-0.2, -0.15) is 5.10 Å². The van der Waals surface area contributed by atoms with Gasteiger partial charge in [-0.3, -0.25) is 15.0 Å². The van der Waals surface area contributed by atoms with Crippen molar-refractivity contribution < 1.29 is 4.74 Å². The van der Waals surface area contributed by atoms with Crippen LogP contribution in [0.3, 0.4) is 0 Å². The van der Waals surface area contributed by atoms with Crippen LogP contribution < -0.4 is 26.4 Å². The van der Waals surface area contributed by atoms with Gasteiger partial charge in [0.2, 0.25) is 10.9 Å². The Kier molecular flexibility index (Phi) is 3.23. The lowest BCUT2D eigenvalue weighted by molar-refractivity contribution is 0.415. The number of hydrogen-bond donors (Lipinski definition) is 1. The summed E-state index contributed by atoms with van der Waals surface area (Å²) >= 11 is 0. The van der Waals surface area contributed by atoms with Crippen molar-refractivity contribution in [1.82, 2.24) is 0 Å². The SMILES string of the molecule is COc1ccc(NN=c2c(=O)c3ccccc3c2=O)cc1. The van der Waals surface area contributed by atoms with E-state index >= 15 is 0 Å². The zero-order chi connectivity index (χ0) is 14.8. The highest BCUT2D eigenvalue weighted by molar-refractivity contribution is 5.83. The van der Waals surface area contributed by atoms with Gasteiger partial charge in [-0.1, -0.05) is 24.3 Å². The van der Waals surface area contributed by atoms with Crippen LogP contribution in [0.1, 0.15) is 0 Å². The predicted molar refractivity (Wildman–Crippen MR) is 81.0 cm³/mol. The summed E-state index contributed by atoms with van der Waals surface area (Å²) in [4.78, 5) is 24.2. The molecule has 0 amide bonds. The first-order valence-corrected chi connectivity index (χ1v) is 6.37. The van der Waals surface area contributed by atoms with Gasteiger partial charge in [0.25, 0.3) is 0 Å². The van der Waals surface area contributed by atoms with Crippen LogP contribution in [0.15, 0.2) is 63.2 Å². The first kappa shape index (κ1) is 13.1. The Balaban J connectivity index is 2.03. The molecule has 0 radical (unpaired) electrons. The molecular weight excluding hydrogens is 268 g/mol. The number of fused-ring (bicyclic) bond motifs is 1. The lowest BCUT2D eigenvalue weighted by Gasteiger charge is -2.01. The molecule has 0 aromatic heterocycles. The van der Waals surface area contributed by atoms with Crippen molar-refractivity contribution in [1.29, 1.82) is 0 Å². The molecule has 3 rings (SSSR count). The molecule has 3 aromatic rings. The molecule has 21 heavy (non-hydrogen) atoms. The number of nitrogens with one attached hydrogen (secondary N) is 1. The van der Waals surface area contributed by atoms with E-state index in [0.717, 1.165) is 0 Å². The summed E-state index contributed by atoms with van der Waals surface area (Å²) in [5, 5.41) is 4.66. The Morgan fingerprint density at radius 1 is 0.905 bits per heavy atom. The number of benzene rings is 2. The van der Waals surface area contributed by atoms with Gasteiger partial charge in [-0.15, -0.1) is 0 Å². The summed E-state index contributed by atoms with van der Waals surface area (Å²) in [6, 6.07) is 13.7. The average molecular weight is 280 g/mol. The van der Waals surface area contributed by atoms with E-state index in [4.69, 9.17) is 4.74 Å². The molecule has 0 unspecified atom stereocenters. The molecule has 3 aromatic carbocycles. The first-order chi connectivity index (χ1) is 10.2. The second-order valence-electron chi connectivity index (χ2n) is 4.50. The molecule has 0 saturated carbocycles. The monoisotopic (exact) mass is 280 g/mol. The van der Waals surface area contributed by atoms with Gasteiger partial charge >= 0.3 is 0 Å². The van der Waals surface area contributed by atoms with Crippen molar-refractivity contribution in [3.8, 4) is 5.75 Å². The van der Waals surface area contributed by atoms with E-state index in [0.29, 0.717) is 22.2 Å². The van der Waals surface area contributed by atoms with Crippen molar-refractivity contribution in [2.45, 2.75) is 0 Å². The van der Waals surface area contributed by atoms with Crippen LogP contribution in [0.5, 0.6) is 5.75 Å². The minimum atomic E-state index is -0.350. The van der Waals surface area contributed by atoms with Gasteiger partial charge in [0.15, 0.2) is 5.36 Å². The molecule has 0 heterocycles. The van der Waals surface area contributed by atoms with Crippen LogP contribution in [0.2, 0.25) is 0 Å². The number of nitrogens with zero attached hydrogens (tertiary/aromatic N) is 1. The van der Waals surface area contributed by atoms with Crippen LogP contribution in [0.25, 0.3) is 10.8 Å². The number of ether oxygens (including phenoxy) is 1. The first-order valence-electron chi connectivity index (χ1n) is 6.37. The maximum Gasteiger partial charge on any atom is 0.217 e. The van der Waals surface area contributed by atoms with E-state index in [9.17, 15) is 9.59 Å². The van der Waals surface area contributed by atoms with Gasteiger partial charge in [0.05, 0.1) is 12.8 Å². The average Bonchev–Trinajstić information content (AvgIpc) is 2.78. The summed E-state index contributed by atoms with van der Waals surface area (Å²) in [6.07, 6.45) is 0. The number of methoxy groups -OCH3 is 1. The van der Waals surface area contributed by atoms with Gasteiger partial charge in [0.1, 0.15) is 5.75 Å². The van der Waals surface area contributed by atoms with E-state index in [1.54, 1.807) is 55.6 Å². The van der Waals surface area contributed by atoms with Crippen LogP contribution in [-0.2, 0) is 0 Å². The largest absolute Gasteiger partial charge is 0.497 e. The van der Waals surface area contributed by atoms with Gasteiger partial charge in [-0.05, 0) is 24.3 Å². The highest BCUT2D eigenvalue weighted by Gasteiger charge is 2.09. The Labute approximate surface area is 119 Å². The predicted octanol–water partition coefficient (Wildman–Crippen LogP) is 1.37. The second kappa shape index (κ2) is 5.20.